The Balaban J connectivity index is 1.31. The monoisotopic (exact) mass is 347 g/mol. The summed E-state index contributed by atoms with van der Waals surface area (Å²) in [5.74, 6) is 0.573. The van der Waals surface area contributed by atoms with Crippen LogP contribution in [-0.2, 0) is 4.74 Å². The third-order valence-corrected chi connectivity index (χ3v) is 5.91. The van der Waals surface area contributed by atoms with Gasteiger partial charge in [-0.1, -0.05) is 0 Å². The Morgan fingerprint density at radius 2 is 2.04 bits per heavy atom. The molecule has 25 heavy (non-hydrogen) atoms. The molecule has 3 fully saturated rings. The van der Waals surface area contributed by atoms with E-state index in [1.807, 2.05) is 6.07 Å². The number of aromatic nitrogens is 2. The first-order valence-electron chi connectivity index (χ1n) is 9.76. The van der Waals surface area contributed by atoms with Crippen molar-refractivity contribution < 1.29 is 9.84 Å². The highest BCUT2D eigenvalue weighted by molar-refractivity contribution is 5.13. The fourth-order valence-electron chi connectivity index (χ4n) is 4.13. The van der Waals surface area contributed by atoms with E-state index in [1.54, 1.807) is 10.7 Å². The van der Waals surface area contributed by atoms with Crippen LogP contribution < -0.4 is 10.9 Å². The minimum Gasteiger partial charge on any atom is -0.386 e. The molecule has 0 bridgehead atoms. The van der Waals surface area contributed by atoms with Gasteiger partial charge in [0.15, 0.2) is 0 Å². The van der Waals surface area contributed by atoms with Crippen molar-refractivity contribution in [2.24, 2.45) is 0 Å². The summed E-state index contributed by atoms with van der Waals surface area (Å²) in [4.78, 5) is 12.2. The van der Waals surface area contributed by atoms with Crippen LogP contribution in [0, 0.1) is 0 Å². The molecule has 138 valence electrons. The molecule has 1 unspecified atom stereocenters. The first kappa shape index (κ1) is 17.2. The number of nitrogens with one attached hydrogen (secondary N) is 1. The van der Waals surface area contributed by atoms with E-state index in [4.69, 9.17) is 4.74 Å². The lowest BCUT2D eigenvalue weighted by Crippen LogP contribution is -2.50. The van der Waals surface area contributed by atoms with Crippen LogP contribution in [0.1, 0.15) is 69.0 Å². The Bertz CT molecular complexity index is 642. The summed E-state index contributed by atoms with van der Waals surface area (Å²) in [5.41, 5.74) is 0.389. The molecule has 0 amide bonds. The Labute approximate surface area is 148 Å². The van der Waals surface area contributed by atoms with Gasteiger partial charge in [-0.15, -0.1) is 0 Å². The second-order valence-corrected chi connectivity index (χ2v) is 8.08. The predicted molar refractivity (Wildman–Crippen MR) is 94.8 cm³/mol. The summed E-state index contributed by atoms with van der Waals surface area (Å²) in [5, 5.41) is 18.7. The molecule has 1 atom stereocenters. The lowest BCUT2D eigenvalue weighted by atomic mass is 9.90. The zero-order chi connectivity index (χ0) is 17.3. The van der Waals surface area contributed by atoms with Crippen LogP contribution in [0.4, 0.5) is 0 Å². The van der Waals surface area contributed by atoms with Gasteiger partial charge in [-0.25, -0.2) is 4.68 Å². The molecule has 4 rings (SSSR count). The molecule has 2 aliphatic carbocycles. The van der Waals surface area contributed by atoms with E-state index in [1.165, 1.54) is 12.8 Å². The molecule has 0 aromatic carbocycles. The van der Waals surface area contributed by atoms with Crippen molar-refractivity contribution in [2.75, 3.05) is 19.8 Å². The number of hydrogen-bond acceptors (Lipinski definition) is 5. The van der Waals surface area contributed by atoms with Crippen molar-refractivity contribution in [1.82, 2.24) is 15.1 Å². The topological polar surface area (TPSA) is 76.4 Å². The summed E-state index contributed by atoms with van der Waals surface area (Å²) in [7, 11) is 0. The number of hydrogen-bond donors (Lipinski definition) is 2. The standard InChI is InChI=1S/C19H29N3O3/c23-18-9-8-17(14-2-3-14)21-22(18)16-6-4-15(5-7-16)20-12-19(24)10-1-11-25-13-19/h8-9,14-16,20,24H,1-7,10-13H2. The number of nitrogens with zero attached hydrogens (tertiary/aromatic N) is 2. The molecule has 0 spiro atoms. The molecule has 1 aromatic heterocycles. The molecular formula is C19H29N3O3. The maximum atomic E-state index is 12.2. The zero-order valence-electron chi connectivity index (χ0n) is 14.8. The molecular weight excluding hydrogens is 318 g/mol. The van der Waals surface area contributed by atoms with E-state index < -0.39 is 5.60 Å². The van der Waals surface area contributed by atoms with Crippen LogP contribution in [-0.4, -0.2) is 46.3 Å². The van der Waals surface area contributed by atoms with Gasteiger partial charge in [0.25, 0.3) is 5.56 Å². The average molecular weight is 347 g/mol. The van der Waals surface area contributed by atoms with Crippen molar-refractivity contribution in [3.05, 3.63) is 28.2 Å². The van der Waals surface area contributed by atoms with Crippen molar-refractivity contribution in [2.45, 2.75) is 75.0 Å². The minimum absolute atomic E-state index is 0.0227. The Morgan fingerprint density at radius 1 is 1.24 bits per heavy atom. The Morgan fingerprint density at radius 3 is 2.72 bits per heavy atom. The van der Waals surface area contributed by atoms with Crippen LogP contribution in [0.15, 0.2) is 16.9 Å². The second-order valence-electron chi connectivity index (χ2n) is 8.08. The summed E-state index contributed by atoms with van der Waals surface area (Å²) in [6, 6.07) is 4.20. The highest BCUT2D eigenvalue weighted by atomic mass is 16.5. The first-order valence-corrected chi connectivity index (χ1v) is 9.76. The average Bonchev–Trinajstić information content (AvgIpc) is 3.47. The van der Waals surface area contributed by atoms with Gasteiger partial charge in [0, 0.05) is 31.2 Å². The maximum Gasteiger partial charge on any atom is 0.267 e. The van der Waals surface area contributed by atoms with Crippen molar-refractivity contribution >= 4 is 0 Å². The van der Waals surface area contributed by atoms with Crippen molar-refractivity contribution in [1.29, 1.82) is 0 Å². The highest BCUT2D eigenvalue weighted by Crippen LogP contribution is 2.38. The van der Waals surface area contributed by atoms with Gasteiger partial charge in [0.1, 0.15) is 5.60 Å². The molecule has 1 saturated heterocycles. The summed E-state index contributed by atoms with van der Waals surface area (Å²) in [6.07, 6.45) is 8.11. The van der Waals surface area contributed by atoms with Crippen LogP contribution >= 0.6 is 0 Å². The zero-order valence-corrected chi connectivity index (χ0v) is 14.8. The lowest BCUT2D eigenvalue weighted by molar-refractivity contribution is -0.0848. The van der Waals surface area contributed by atoms with Gasteiger partial charge in [-0.2, -0.15) is 5.10 Å². The smallest absolute Gasteiger partial charge is 0.267 e. The van der Waals surface area contributed by atoms with Crippen LogP contribution in [0.3, 0.4) is 0 Å². The molecule has 2 heterocycles. The molecule has 0 radical (unpaired) electrons. The molecule has 3 aliphatic rings. The Hall–Kier alpha value is -1.24. The second kappa shape index (κ2) is 7.17. The van der Waals surface area contributed by atoms with Gasteiger partial charge < -0.3 is 15.2 Å². The van der Waals surface area contributed by atoms with Gasteiger partial charge >= 0.3 is 0 Å². The highest BCUT2D eigenvalue weighted by Gasteiger charge is 2.32. The third-order valence-electron chi connectivity index (χ3n) is 5.91. The SMILES string of the molecule is O=c1ccc(C2CC2)nn1C1CCC(NCC2(O)CCCOC2)CC1. The quantitative estimate of drug-likeness (QED) is 0.848. The lowest BCUT2D eigenvalue weighted by Gasteiger charge is -2.35. The molecule has 2 saturated carbocycles. The minimum atomic E-state index is -0.716. The maximum absolute atomic E-state index is 12.2. The van der Waals surface area contributed by atoms with Crippen molar-refractivity contribution in [3.63, 3.8) is 0 Å². The van der Waals surface area contributed by atoms with E-state index in [0.717, 1.165) is 50.8 Å². The third kappa shape index (κ3) is 4.13. The van der Waals surface area contributed by atoms with Gasteiger partial charge in [-0.3, -0.25) is 4.79 Å². The largest absolute Gasteiger partial charge is 0.386 e. The summed E-state index contributed by atoms with van der Waals surface area (Å²) in [6.45, 7) is 1.79. The predicted octanol–water partition coefficient (Wildman–Crippen LogP) is 1.74. The number of aliphatic hydroxyl groups is 1. The Kier molecular flexibility index (Phi) is 4.93. The molecule has 6 nitrogen and oxygen atoms in total. The van der Waals surface area contributed by atoms with Gasteiger partial charge in [-0.05, 0) is 57.4 Å². The van der Waals surface area contributed by atoms with E-state index in [0.29, 0.717) is 25.1 Å². The van der Waals surface area contributed by atoms with E-state index in [-0.39, 0.29) is 11.6 Å². The number of ether oxygens (including phenoxy) is 1. The van der Waals surface area contributed by atoms with Crippen molar-refractivity contribution in [3.8, 4) is 0 Å². The normalized spacial score (nSPS) is 33.3. The molecule has 1 aromatic rings. The molecule has 6 heteroatoms. The van der Waals surface area contributed by atoms with E-state index in [2.05, 4.69) is 10.4 Å². The van der Waals surface area contributed by atoms with E-state index >= 15 is 0 Å². The molecule has 1 aliphatic heterocycles. The number of rotatable bonds is 5. The first-order chi connectivity index (χ1) is 12.1. The summed E-state index contributed by atoms with van der Waals surface area (Å²) < 4.78 is 7.14. The van der Waals surface area contributed by atoms with E-state index in [9.17, 15) is 9.90 Å². The van der Waals surface area contributed by atoms with Gasteiger partial charge in [0.05, 0.1) is 18.3 Å². The van der Waals surface area contributed by atoms with Gasteiger partial charge in [0.2, 0.25) is 0 Å². The molecule has 2 N–H and O–H groups in total. The fourth-order valence-corrected chi connectivity index (χ4v) is 4.13. The fraction of sp³-hybridized carbons (Fsp3) is 0.789. The van der Waals surface area contributed by atoms with Crippen LogP contribution in [0.25, 0.3) is 0 Å². The van der Waals surface area contributed by atoms with Crippen LogP contribution in [0.5, 0.6) is 0 Å². The van der Waals surface area contributed by atoms with Crippen LogP contribution in [0.2, 0.25) is 0 Å². The summed E-state index contributed by atoms with van der Waals surface area (Å²) >= 11 is 0.